The van der Waals surface area contributed by atoms with Gasteiger partial charge in [0.25, 0.3) is 0 Å². The van der Waals surface area contributed by atoms with Crippen molar-refractivity contribution in [3.05, 3.63) is 100 Å². The molecule has 0 radical (unpaired) electrons. The minimum Gasteiger partial charge on any atom is -0.352 e. The summed E-state index contributed by atoms with van der Waals surface area (Å²) in [5.41, 5.74) is 0.531. The number of nitrogens with zero attached hydrogens (tertiary/aromatic N) is 2. The number of anilines is 1. The second kappa shape index (κ2) is 15.6. The molecule has 3 aromatic rings. The standard InChI is InChI=1S/C32H37BrF3N3O4S/c1-4-23(2)37-31(41)29(20-24-10-6-5-7-11-24)38(22-25-15-17-27(33)18-16-25)30(40)14-9-19-39(44(3,42)43)28-13-8-12-26(21-28)32(34,35)36/h5-8,10-13,15-18,21,23,29H,4,9,14,19-20,22H2,1-3H3,(H,37,41)/t23-,29-/m0/s1. The van der Waals surface area contributed by atoms with E-state index in [-0.39, 0.29) is 55.9 Å². The Morgan fingerprint density at radius 2 is 1.61 bits per heavy atom. The second-order valence-electron chi connectivity index (χ2n) is 10.7. The van der Waals surface area contributed by atoms with E-state index >= 15 is 0 Å². The molecular weight excluding hydrogens is 659 g/mol. The van der Waals surface area contributed by atoms with Gasteiger partial charge in [-0.3, -0.25) is 13.9 Å². The Hall–Kier alpha value is -3.38. The number of nitrogens with one attached hydrogen (secondary N) is 1. The molecule has 12 heteroatoms. The molecule has 44 heavy (non-hydrogen) atoms. The van der Waals surface area contributed by atoms with Crippen molar-refractivity contribution in [1.82, 2.24) is 10.2 Å². The van der Waals surface area contributed by atoms with Crippen LogP contribution in [0.2, 0.25) is 0 Å². The van der Waals surface area contributed by atoms with Gasteiger partial charge < -0.3 is 10.2 Å². The summed E-state index contributed by atoms with van der Waals surface area (Å²) in [4.78, 5) is 29.0. The summed E-state index contributed by atoms with van der Waals surface area (Å²) in [6, 6.07) is 19.8. The van der Waals surface area contributed by atoms with Crippen LogP contribution in [0.5, 0.6) is 0 Å². The van der Waals surface area contributed by atoms with Crippen LogP contribution in [0.15, 0.2) is 83.3 Å². The highest BCUT2D eigenvalue weighted by molar-refractivity contribution is 9.10. The van der Waals surface area contributed by atoms with E-state index in [1.807, 2.05) is 68.4 Å². The van der Waals surface area contributed by atoms with Gasteiger partial charge in [-0.05, 0) is 61.2 Å². The molecule has 2 amide bonds. The van der Waals surface area contributed by atoms with E-state index in [0.29, 0.717) is 6.42 Å². The van der Waals surface area contributed by atoms with E-state index in [1.54, 1.807) is 0 Å². The molecule has 0 saturated heterocycles. The lowest BCUT2D eigenvalue weighted by molar-refractivity contribution is -0.141. The number of rotatable bonds is 14. The summed E-state index contributed by atoms with van der Waals surface area (Å²) in [5, 5.41) is 2.99. The highest BCUT2D eigenvalue weighted by Gasteiger charge is 2.33. The number of halogens is 4. The zero-order valence-electron chi connectivity index (χ0n) is 24.9. The molecule has 0 aliphatic carbocycles. The molecule has 0 unspecified atom stereocenters. The molecule has 7 nitrogen and oxygen atoms in total. The maximum absolute atomic E-state index is 13.9. The number of carbonyl (C=O) groups excluding carboxylic acids is 2. The number of sulfonamides is 1. The maximum Gasteiger partial charge on any atom is 0.416 e. The number of hydrogen-bond acceptors (Lipinski definition) is 4. The average molecular weight is 697 g/mol. The minimum absolute atomic E-state index is 0.0179. The van der Waals surface area contributed by atoms with E-state index in [4.69, 9.17) is 0 Å². The van der Waals surface area contributed by atoms with Gasteiger partial charge in [0.15, 0.2) is 0 Å². The Morgan fingerprint density at radius 1 is 0.955 bits per heavy atom. The normalized spacial score (nSPS) is 13.2. The van der Waals surface area contributed by atoms with Crippen LogP contribution >= 0.6 is 15.9 Å². The number of benzene rings is 3. The minimum atomic E-state index is -4.65. The molecule has 0 aliphatic rings. The van der Waals surface area contributed by atoms with Crippen LogP contribution in [0.1, 0.15) is 49.8 Å². The molecule has 0 saturated carbocycles. The number of hydrogen-bond donors (Lipinski definition) is 1. The van der Waals surface area contributed by atoms with Gasteiger partial charge in [0.1, 0.15) is 6.04 Å². The molecule has 0 fully saturated rings. The molecule has 0 spiro atoms. The summed E-state index contributed by atoms with van der Waals surface area (Å²) < 4.78 is 66.9. The van der Waals surface area contributed by atoms with Crippen molar-refractivity contribution >= 4 is 43.5 Å². The molecule has 0 bridgehead atoms. The molecule has 0 heterocycles. The Kier molecular flexibility index (Phi) is 12.4. The van der Waals surface area contributed by atoms with E-state index in [9.17, 15) is 31.2 Å². The van der Waals surface area contributed by atoms with Crippen molar-refractivity contribution in [3.63, 3.8) is 0 Å². The third-order valence-corrected chi connectivity index (χ3v) is 8.87. The predicted octanol–water partition coefficient (Wildman–Crippen LogP) is 6.57. The highest BCUT2D eigenvalue weighted by Crippen LogP contribution is 2.32. The molecule has 0 aromatic heterocycles. The molecular formula is C32H37BrF3N3O4S. The topological polar surface area (TPSA) is 86.8 Å². The van der Waals surface area contributed by atoms with E-state index in [1.165, 1.54) is 11.0 Å². The van der Waals surface area contributed by atoms with Gasteiger partial charge in [0.05, 0.1) is 17.5 Å². The Morgan fingerprint density at radius 3 is 2.20 bits per heavy atom. The van der Waals surface area contributed by atoms with Crippen molar-refractivity contribution in [3.8, 4) is 0 Å². The van der Waals surface area contributed by atoms with Gasteiger partial charge >= 0.3 is 6.18 Å². The SMILES string of the molecule is CC[C@H](C)NC(=O)[C@H](Cc1ccccc1)N(Cc1ccc(Br)cc1)C(=O)CCCN(c1cccc(C(F)(F)F)c1)S(C)(=O)=O. The number of amides is 2. The van der Waals surface area contributed by atoms with Crippen LogP contribution in [-0.2, 0) is 38.8 Å². The van der Waals surface area contributed by atoms with Crippen LogP contribution < -0.4 is 9.62 Å². The van der Waals surface area contributed by atoms with Gasteiger partial charge in [-0.1, -0.05) is 71.4 Å². The van der Waals surface area contributed by atoms with Crippen LogP contribution in [0, 0.1) is 0 Å². The molecule has 3 rings (SSSR count). The first-order valence-electron chi connectivity index (χ1n) is 14.2. The monoisotopic (exact) mass is 695 g/mol. The summed E-state index contributed by atoms with van der Waals surface area (Å²) in [7, 11) is -3.97. The van der Waals surface area contributed by atoms with Crippen LogP contribution in [0.4, 0.5) is 18.9 Å². The fourth-order valence-electron chi connectivity index (χ4n) is 4.62. The lowest BCUT2D eigenvalue weighted by atomic mass is 10.0. The van der Waals surface area contributed by atoms with Gasteiger partial charge in [-0.15, -0.1) is 0 Å². The highest BCUT2D eigenvalue weighted by atomic mass is 79.9. The van der Waals surface area contributed by atoms with Crippen LogP contribution in [0.3, 0.4) is 0 Å². The van der Waals surface area contributed by atoms with Crippen molar-refractivity contribution in [2.45, 2.75) is 64.3 Å². The van der Waals surface area contributed by atoms with Crippen molar-refractivity contribution in [2.24, 2.45) is 0 Å². The largest absolute Gasteiger partial charge is 0.416 e. The Balaban J connectivity index is 1.90. The van der Waals surface area contributed by atoms with Crippen LogP contribution in [-0.4, -0.2) is 50.0 Å². The maximum atomic E-state index is 13.9. The van der Waals surface area contributed by atoms with E-state index in [0.717, 1.165) is 44.4 Å². The summed E-state index contributed by atoms with van der Waals surface area (Å²) in [6.07, 6.45) is -2.91. The van der Waals surface area contributed by atoms with Crippen LogP contribution in [0.25, 0.3) is 0 Å². The molecule has 1 N–H and O–H groups in total. The first-order chi connectivity index (χ1) is 20.7. The fourth-order valence-corrected chi connectivity index (χ4v) is 5.84. The first-order valence-corrected chi connectivity index (χ1v) is 16.9. The van der Waals surface area contributed by atoms with Crippen molar-refractivity contribution < 1.29 is 31.2 Å². The van der Waals surface area contributed by atoms with Gasteiger partial charge in [-0.25, -0.2) is 8.42 Å². The molecule has 2 atom stereocenters. The van der Waals surface area contributed by atoms with E-state index < -0.39 is 27.8 Å². The predicted molar refractivity (Wildman–Crippen MR) is 169 cm³/mol. The first kappa shape index (κ1) is 35.1. The zero-order chi connectivity index (χ0) is 32.5. The third-order valence-electron chi connectivity index (χ3n) is 7.15. The third kappa shape index (κ3) is 10.4. The summed E-state index contributed by atoms with van der Waals surface area (Å²) in [5.74, 6) is -0.693. The molecule has 238 valence electrons. The number of carbonyl (C=O) groups is 2. The van der Waals surface area contributed by atoms with Crippen molar-refractivity contribution in [1.29, 1.82) is 0 Å². The quantitative estimate of drug-likeness (QED) is 0.207. The smallest absolute Gasteiger partial charge is 0.352 e. The lowest BCUT2D eigenvalue weighted by Gasteiger charge is -2.32. The average Bonchev–Trinajstić information content (AvgIpc) is 2.97. The zero-order valence-corrected chi connectivity index (χ0v) is 27.3. The van der Waals surface area contributed by atoms with Crippen molar-refractivity contribution in [2.75, 3.05) is 17.1 Å². The second-order valence-corrected chi connectivity index (χ2v) is 13.5. The molecule has 3 aromatic carbocycles. The Labute approximate surface area is 265 Å². The summed E-state index contributed by atoms with van der Waals surface area (Å²) in [6.45, 7) is 3.73. The van der Waals surface area contributed by atoms with Gasteiger partial charge in [0, 0.05) is 36.4 Å². The Bertz CT molecular complexity index is 1500. The molecule has 0 aliphatic heterocycles. The number of alkyl halides is 3. The van der Waals surface area contributed by atoms with Gasteiger partial charge in [0.2, 0.25) is 21.8 Å². The van der Waals surface area contributed by atoms with Gasteiger partial charge in [-0.2, -0.15) is 13.2 Å². The fraction of sp³-hybridized carbons (Fsp3) is 0.375. The summed E-state index contributed by atoms with van der Waals surface area (Å²) >= 11 is 3.41. The lowest BCUT2D eigenvalue weighted by Crippen LogP contribution is -2.52. The van der Waals surface area contributed by atoms with E-state index in [2.05, 4.69) is 21.2 Å².